The van der Waals surface area contributed by atoms with E-state index < -0.39 is 35.0 Å². The summed E-state index contributed by atoms with van der Waals surface area (Å²) in [5.41, 5.74) is 2.70. The Kier molecular flexibility index (Phi) is 12.2. The third-order valence-corrected chi connectivity index (χ3v) is 6.89. The molecule has 0 saturated carbocycles. The van der Waals surface area contributed by atoms with Gasteiger partial charge in [0.1, 0.15) is 18.2 Å². The maximum absolute atomic E-state index is 13.7. The average molecular weight is 602 g/mol. The summed E-state index contributed by atoms with van der Waals surface area (Å²) in [6.07, 6.45) is 0.296. The van der Waals surface area contributed by atoms with Crippen LogP contribution in [0.25, 0.3) is 0 Å². The molecule has 0 fully saturated rings. The molecule has 0 spiro atoms. The highest BCUT2D eigenvalue weighted by Crippen LogP contribution is 2.37. The predicted molar refractivity (Wildman–Crippen MR) is 165 cm³/mol. The van der Waals surface area contributed by atoms with Crippen molar-refractivity contribution in [3.63, 3.8) is 0 Å². The number of nitrogens with one attached hydrogen (secondary N) is 3. The van der Waals surface area contributed by atoms with Crippen molar-refractivity contribution < 1.29 is 33.5 Å². The zero-order chi connectivity index (χ0) is 32.0. The number of hydrogen-bond acceptors (Lipinski definition) is 7. The van der Waals surface area contributed by atoms with Crippen LogP contribution in [0.1, 0.15) is 43.4 Å². The Hall–Kier alpha value is -4.96. The number of carbonyl (C=O) groups is 4. The molecule has 0 aliphatic rings. The van der Waals surface area contributed by atoms with Gasteiger partial charge >= 0.3 is 12.1 Å². The minimum atomic E-state index is -1.20. The minimum Gasteiger partial charge on any atom is -0.469 e. The smallest absolute Gasteiger partial charge is 0.408 e. The lowest BCUT2D eigenvalue weighted by atomic mass is 9.77. The van der Waals surface area contributed by atoms with Crippen LogP contribution >= 0.6 is 0 Å². The van der Waals surface area contributed by atoms with Crippen molar-refractivity contribution in [3.05, 3.63) is 120 Å². The van der Waals surface area contributed by atoms with Gasteiger partial charge in [-0.25, -0.2) is 10.3 Å². The Morgan fingerprint density at radius 3 is 1.80 bits per heavy atom. The summed E-state index contributed by atoms with van der Waals surface area (Å²) in [4.78, 5) is 56.4. The van der Waals surface area contributed by atoms with Gasteiger partial charge in [-0.15, -0.1) is 0 Å². The molecule has 0 heterocycles. The summed E-state index contributed by atoms with van der Waals surface area (Å²) in [5.74, 6) is -1.62. The van der Waals surface area contributed by atoms with E-state index in [9.17, 15) is 19.2 Å². The van der Waals surface area contributed by atoms with Crippen LogP contribution in [0.5, 0.6) is 0 Å². The van der Waals surface area contributed by atoms with Crippen molar-refractivity contribution in [1.82, 2.24) is 16.1 Å². The largest absolute Gasteiger partial charge is 0.469 e. The van der Waals surface area contributed by atoms with Crippen molar-refractivity contribution >= 4 is 23.9 Å². The van der Waals surface area contributed by atoms with Crippen LogP contribution in [0.15, 0.2) is 104 Å². The molecule has 10 heteroatoms. The number of alkyl carbamates (subject to hydrolysis) is 1. The first-order valence-electron chi connectivity index (χ1n) is 14.2. The molecule has 0 aliphatic heterocycles. The van der Waals surface area contributed by atoms with Gasteiger partial charge in [-0.3, -0.25) is 19.2 Å². The fourth-order valence-electron chi connectivity index (χ4n) is 4.61. The number of rotatable bonds is 15. The number of ether oxygens (including phenoxy) is 2. The topological polar surface area (TPSA) is 132 Å². The molecule has 0 bridgehead atoms. The van der Waals surface area contributed by atoms with E-state index in [2.05, 4.69) is 22.7 Å². The van der Waals surface area contributed by atoms with Gasteiger partial charge in [-0.05, 0) is 37.0 Å². The second-order valence-electron chi connectivity index (χ2n) is 10.6. The Balaban J connectivity index is 1.84. The summed E-state index contributed by atoms with van der Waals surface area (Å²) in [5, 5.41) is 5.71. The number of amides is 3. The van der Waals surface area contributed by atoms with Gasteiger partial charge in [-0.2, -0.15) is 0 Å². The highest BCUT2D eigenvalue weighted by atomic mass is 16.7. The van der Waals surface area contributed by atoms with Crippen LogP contribution in [0, 0.1) is 5.41 Å². The molecule has 3 amide bonds. The maximum Gasteiger partial charge on any atom is 0.408 e. The van der Waals surface area contributed by atoms with E-state index in [1.807, 2.05) is 91.0 Å². The van der Waals surface area contributed by atoms with E-state index in [1.54, 1.807) is 13.8 Å². The van der Waals surface area contributed by atoms with Crippen molar-refractivity contribution in [3.8, 4) is 0 Å². The van der Waals surface area contributed by atoms with Crippen molar-refractivity contribution in [2.24, 2.45) is 5.41 Å². The van der Waals surface area contributed by atoms with E-state index in [0.29, 0.717) is 0 Å². The molecule has 232 valence electrons. The van der Waals surface area contributed by atoms with Gasteiger partial charge < -0.3 is 20.1 Å². The van der Waals surface area contributed by atoms with Crippen LogP contribution in [0.3, 0.4) is 0 Å². The van der Waals surface area contributed by atoms with Crippen LogP contribution in [-0.4, -0.2) is 50.2 Å². The number of hydroxylamine groups is 1. The highest BCUT2D eigenvalue weighted by molar-refractivity contribution is 5.86. The van der Waals surface area contributed by atoms with E-state index in [-0.39, 0.29) is 32.0 Å². The van der Waals surface area contributed by atoms with Gasteiger partial charge in [0.2, 0.25) is 5.91 Å². The summed E-state index contributed by atoms with van der Waals surface area (Å²) < 4.78 is 9.74. The molecule has 0 aromatic heterocycles. The molecule has 44 heavy (non-hydrogen) atoms. The van der Waals surface area contributed by atoms with E-state index in [1.165, 1.54) is 13.2 Å². The van der Waals surface area contributed by atoms with Gasteiger partial charge in [0.25, 0.3) is 5.91 Å². The summed E-state index contributed by atoms with van der Waals surface area (Å²) >= 11 is 0. The van der Waals surface area contributed by atoms with Crippen LogP contribution < -0.4 is 16.1 Å². The molecular formula is C34H39N3O7. The molecule has 10 nitrogen and oxygen atoms in total. The number of methoxy groups -OCH3 is 1. The first-order chi connectivity index (χ1) is 21.1. The quantitative estimate of drug-likeness (QED) is 0.102. The molecule has 0 aliphatic carbocycles. The molecule has 1 atom stereocenters. The van der Waals surface area contributed by atoms with E-state index >= 15 is 0 Å². The third-order valence-electron chi connectivity index (χ3n) is 6.89. The number of esters is 1. The van der Waals surface area contributed by atoms with Gasteiger partial charge in [0, 0.05) is 6.42 Å². The molecule has 3 aromatic rings. The standard InChI is InChI=1S/C34H39N3O7/c1-5-23-43-32(41)35-28(30(39)37-44-24-33(2,3)31(40)42-4)21-22-29(38)36-34(25-15-9-6-10-16-25,26-17-11-7-12-18-26)27-19-13-8-14-20-27/h5-20,28H,1,21-24H2,2-4H3,(H,35,41)(H,36,38)(H,37,39)/t28-/m0/s1. The summed E-state index contributed by atoms with van der Waals surface area (Å²) in [6, 6.07) is 27.6. The second-order valence-corrected chi connectivity index (χ2v) is 10.6. The fraction of sp³-hybridized carbons (Fsp3) is 0.294. The maximum atomic E-state index is 13.7. The molecular weight excluding hydrogens is 562 g/mol. The molecule has 0 unspecified atom stereocenters. The van der Waals surface area contributed by atoms with E-state index in [0.717, 1.165) is 16.7 Å². The Bertz CT molecular complexity index is 1300. The van der Waals surface area contributed by atoms with Crippen LogP contribution in [0.2, 0.25) is 0 Å². The van der Waals surface area contributed by atoms with Crippen molar-refractivity contribution in [2.45, 2.75) is 38.3 Å². The third kappa shape index (κ3) is 8.78. The first kappa shape index (κ1) is 33.5. The monoisotopic (exact) mass is 601 g/mol. The fourth-order valence-corrected chi connectivity index (χ4v) is 4.61. The molecule has 3 N–H and O–H groups in total. The second kappa shape index (κ2) is 16.0. The van der Waals surface area contributed by atoms with Gasteiger partial charge in [0.05, 0.1) is 19.1 Å². The number of benzene rings is 3. The van der Waals surface area contributed by atoms with E-state index in [4.69, 9.17) is 14.3 Å². The summed E-state index contributed by atoms with van der Waals surface area (Å²) in [6.45, 7) is 6.43. The lowest BCUT2D eigenvalue weighted by Gasteiger charge is -2.37. The van der Waals surface area contributed by atoms with Crippen molar-refractivity contribution in [1.29, 1.82) is 0 Å². The molecule has 0 radical (unpaired) electrons. The Morgan fingerprint density at radius 1 is 0.841 bits per heavy atom. The minimum absolute atomic E-state index is 0.0712. The lowest BCUT2D eigenvalue weighted by Crippen LogP contribution is -2.50. The number of hydrogen-bond donors (Lipinski definition) is 3. The molecule has 3 aromatic carbocycles. The molecule has 0 saturated heterocycles. The average Bonchev–Trinajstić information content (AvgIpc) is 3.05. The van der Waals surface area contributed by atoms with Gasteiger partial charge in [0.15, 0.2) is 0 Å². The van der Waals surface area contributed by atoms with Crippen LogP contribution in [-0.2, 0) is 34.2 Å². The number of carbonyl (C=O) groups excluding carboxylic acids is 4. The predicted octanol–water partition coefficient (Wildman–Crippen LogP) is 4.40. The Labute approximate surface area is 257 Å². The van der Waals surface area contributed by atoms with Gasteiger partial charge in [-0.1, -0.05) is 104 Å². The van der Waals surface area contributed by atoms with Crippen molar-refractivity contribution in [2.75, 3.05) is 20.3 Å². The first-order valence-corrected chi connectivity index (χ1v) is 14.2. The SMILES string of the molecule is C=CCOC(=O)N[C@@H](CCC(=O)NC(c1ccccc1)(c1ccccc1)c1ccccc1)C(=O)NOCC(C)(C)C(=O)OC. The zero-order valence-corrected chi connectivity index (χ0v) is 25.2. The highest BCUT2D eigenvalue weighted by Gasteiger charge is 2.38. The zero-order valence-electron chi connectivity index (χ0n) is 25.2. The Morgan fingerprint density at radius 2 is 1.34 bits per heavy atom. The summed E-state index contributed by atoms with van der Waals surface area (Å²) in [7, 11) is 1.25. The van der Waals surface area contributed by atoms with Crippen LogP contribution in [0.4, 0.5) is 4.79 Å². The normalized spacial score (nSPS) is 11.9. The lowest BCUT2D eigenvalue weighted by molar-refractivity contribution is -0.159. The molecule has 3 rings (SSSR count).